The maximum atomic E-state index is 2.33. The summed E-state index contributed by atoms with van der Waals surface area (Å²) < 4.78 is 0. The predicted molar refractivity (Wildman–Crippen MR) is 112 cm³/mol. The zero-order chi connectivity index (χ0) is 17.9. The van der Waals surface area contributed by atoms with Crippen molar-refractivity contribution in [3.05, 3.63) is 108 Å². The van der Waals surface area contributed by atoms with Crippen molar-refractivity contribution in [3.8, 4) is 33.4 Å². The average molecular weight is 334 g/mol. The largest absolute Gasteiger partial charge is 0.0622 e. The van der Waals surface area contributed by atoms with E-state index < -0.39 is 0 Å². The summed E-state index contributed by atoms with van der Waals surface area (Å²) >= 11 is 0. The van der Waals surface area contributed by atoms with Gasteiger partial charge >= 0.3 is 0 Å². The first-order valence-electron chi connectivity index (χ1n) is 9.05. The molecule has 0 saturated carbocycles. The topological polar surface area (TPSA) is 0 Å². The first-order valence-corrected chi connectivity index (χ1v) is 9.05. The third kappa shape index (κ3) is 3.19. The van der Waals surface area contributed by atoms with E-state index in [0.29, 0.717) is 0 Å². The molecule has 126 valence electrons. The standard InChI is InChI=1S/C26H22/c1-19-10-9-15-23(16-19)24-17-25(21-11-5-3-6-12-21)20(2)26(18-24)22-13-7-4-8-14-22/h3-18H,1-2H3. The van der Waals surface area contributed by atoms with Gasteiger partial charge in [0.15, 0.2) is 0 Å². The third-order valence-corrected chi connectivity index (χ3v) is 4.93. The lowest BCUT2D eigenvalue weighted by Gasteiger charge is -2.16. The first kappa shape index (κ1) is 16.4. The molecule has 0 spiro atoms. The van der Waals surface area contributed by atoms with Crippen molar-refractivity contribution < 1.29 is 0 Å². The molecule has 0 heteroatoms. The molecule has 0 bridgehead atoms. The molecule has 0 radical (unpaired) electrons. The smallest absolute Gasteiger partial charge is 0.0142 e. The molecule has 0 aliphatic heterocycles. The summed E-state index contributed by atoms with van der Waals surface area (Å²) in [5.74, 6) is 0. The molecule has 0 unspecified atom stereocenters. The van der Waals surface area contributed by atoms with Crippen LogP contribution in [0.25, 0.3) is 33.4 Å². The van der Waals surface area contributed by atoms with E-state index >= 15 is 0 Å². The lowest BCUT2D eigenvalue weighted by atomic mass is 9.88. The monoisotopic (exact) mass is 334 g/mol. The van der Waals surface area contributed by atoms with Gasteiger partial charge in [0.05, 0.1) is 0 Å². The van der Waals surface area contributed by atoms with Gasteiger partial charge in [-0.05, 0) is 64.9 Å². The molecule has 4 rings (SSSR count). The summed E-state index contributed by atoms with van der Waals surface area (Å²) in [6, 6.07) is 34.7. The van der Waals surface area contributed by atoms with Crippen LogP contribution in [0.3, 0.4) is 0 Å². The van der Waals surface area contributed by atoms with Crippen LogP contribution in [0, 0.1) is 13.8 Å². The Labute approximate surface area is 155 Å². The fourth-order valence-electron chi connectivity index (χ4n) is 3.54. The summed E-state index contributed by atoms with van der Waals surface area (Å²) in [6.45, 7) is 4.37. The van der Waals surface area contributed by atoms with Gasteiger partial charge in [-0.15, -0.1) is 0 Å². The molecule has 0 aromatic heterocycles. The Hall–Kier alpha value is -3.12. The molecule has 0 nitrogen and oxygen atoms in total. The fraction of sp³-hybridized carbons (Fsp3) is 0.0769. The molecular formula is C26H22. The van der Waals surface area contributed by atoms with Crippen molar-refractivity contribution in [2.75, 3.05) is 0 Å². The van der Waals surface area contributed by atoms with Crippen molar-refractivity contribution in [1.29, 1.82) is 0 Å². The Morgan fingerprint density at radius 2 is 0.923 bits per heavy atom. The molecular weight excluding hydrogens is 312 g/mol. The quantitative estimate of drug-likeness (QED) is 0.368. The number of hydrogen-bond donors (Lipinski definition) is 0. The molecule has 0 N–H and O–H groups in total. The highest BCUT2D eigenvalue weighted by molar-refractivity contribution is 5.84. The van der Waals surface area contributed by atoms with E-state index in [2.05, 4.69) is 111 Å². The highest BCUT2D eigenvalue weighted by Gasteiger charge is 2.12. The average Bonchev–Trinajstić information content (AvgIpc) is 2.69. The lowest BCUT2D eigenvalue weighted by Crippen LogP contribution is -1.91. The summed E-state index contributed by atoms with van der Waals surface area (Å²) in [4.78, 5) is 0. The van der Waals surface area contributed by atoms with Gasteiger partial charge in [-0.1, -0.05) is 90.5 Å². The van der Waals surface area contributed by atoms with Crippen LogP contribution < -0.4 is 0 Å². The number of aryl methyl sites for hydroxylation is 1. The van der Waals surface area contributed by atoms with Crippen molar-refractivity contribution in [2.24, 2.45) is 0 Å². The maximum Gasteiger partial charge on any atom is -0.0142 e. The second-order valence-electron chi connectivity index (χ2n) is 6.80. The fourth-order valence-corrected chi connectivity index (χ4v) is 3.54. The summed E-state index contributed by atoms with van der Waals surface area (Å²) in [6.07, 6.45) is 0. The summed E-state index contributed by atoms with van der Waals surface area (Å²) in [5.41, 5.74) is 10.2. The predicted octanol–water partition coefficient (Wildman–Crippen LogP) is 7.30. The van der Waals surface area contributed by atoms with Gasteiger partial charge in [-0.2, -0.15) is 0 Å². The van der Waals surface area contributed by atoms with Gasteiger partial charge < -0.3 is 0 Å². The molecule has 0 aliphatic carbocycles. The van der Waals surface area contributed by atoms with Crippen molar-refractivity contribution in [3.63, 3.8) is 0 Å². The van der Waals surface area contributed by atoms with E-state index in [-0.39, 0.29) is 0 Å². The molecule has 0 amide bonds. The Morgan fingerprint density at radius 3 is 1.42 bits per heavy atom. The number of rotatable bonds is 3. The zero-order valence-electron chi connectivity index (χ0n) is 15.2. The molecule has 0 atom stereocenters. The normalized spacial score (nSPS) is 10.7. The van der Waals surface area contributed by atoms with Crippen molar-refractivity contribution in [2.45, 2.75) is 13.8 Å². The minimum atomic E-state index is 1.26. The van der Waals surface area contributed by atoms with Gasteiger partial charge in [0.2, 0.25) is 0 Å². The minimum Gasteiger partial charge on any atom is -0.0622 e. The number of benzene rings is 4. The molecule has 26 heavy (non-hydrogen) atoms. The van der Waals surface area contributed by atoms with Gasteiger partial charge in [0.1, 0.15) is 0 Å². The van der Waals surface area contributed by atoms with E-state index in [1.54, 1.807) is 0 Å². The molecule has 0 fully saturated rings. The van der Waals surface area contributed by atoms with Crippen LogP contribution in [0.5, 0.6) is 0 Å². The van der Waals surface area contributed by atoms with Gasteiger partial charge in [-0.3, -0.25) is 0 Å². The molecule has 4 aromatic rings. The molecule has 0 heterocycles. The van der Waals surface area contributed by atoms with Gasteiger partial charge in [0.25, 0.3) is 0 Å². The zero-order valence-corrected chi connectivity index (χ0v) is 15.2. The summed E-state index contributed by atoms with van der Waals surface area (Å²) in [7, 11) is 0. The Kier molecular flexibility index (Phi) is 4.41. The van der Waals surface area contributed by atoms with Gasteiger partial charge in [0, 0.05) is 0 Å². The van der Waals surface area contributed by atoms with Crippen LogP contribution in [0.2, 0.25) is 0 Å². The van der Waals surface area contributed by atoms with Crippen LogP contribution >= 0.6 is 0 Å². The van der Waals surface area contributed by atoms with E-state index in [1.165, 1.54) is 44.5 Å². The van der Waals surface area contributed by atoms with Crippen LogP contribution in [0.4, 0.5) is 0 Å². The lowest BCUT2D eigenvalue weighted by molar-refractivity contribution is 1.43. The van der Waals surface area contributed by atoms with Crippen molar-refractivity contribution >= 4 is 0 Å². The van der Waals surface area contributed by atoms with E-state index in [9.17, 15) is 0 Å². The van der Waals surface area contributed by atoms with E-state index in [0.717, 1.165) is 0 Å². The van der Waals surface area contributed by atoms with E-state index in [1.807, 2.05) is 0 Å². The van der Waals surface area contributed by atoms with Gasteiger partial charge in [-0.25, -0.2) is 0 Å². The van der Waals surface area contributed by atoms with Crippen LogP contribution in [-0.2, 0) is 0 Å². The first-order chi connectivity index (χ1) is 12.7. The van der Waals surface area contributed by atoms with Crippen LogP contribution in [0.15, 0.2) is 97.1 Å². The maximum absolute atomic E-state index is 2.33. The molecule has 0 aliphatic rings. The highest BCUT2D eigenvalue weighted by atomic mass is 14.2. The second-order valence-corrected chi connectivity index (χ2v) is 6.80. The number of hydrogen-bond acceptors (Lipinski definition) is 0. The Bertz CT molecular complexity index is 967. The summed E-state index contributed by atoms with van der Waals surface area (Å²) in [5, 5.41) is 0. The molecule has 0 saturated heterocycles. The van der Waals surface area contributed by atoms with E-state index in [4.69, 9.17) is 0 Å². The van der Waals surface area contributed by atoms with Crippen LogP contribution in [-0.4, -0.2) is 0 Å². The third-order valence-electron chi connectivity index (χ3n) is 4.93. The van der Waals surface area contributed by atoms with Crippen LogP contribution in [0.1, 0.15) is 11.1 Å². The van der Waals surface area contributed by atoms with Crippen molar-refractivity contribution in [1.82, 2.24) is 0 Å². The Balaban J connectivity index is 1.99. The molecule has 4 aromatic carbocycles. The highest BCUT2D eigenvalue weighted by Crippen LogP contribution is 2.36. The minimum absolute atomic E-state index is 1.26. The SMILES string of the molecule is Cc1cccc(-c2cc(-c3ccccc3)c(C)c(-c3ccccc3)c2)c1. The Morgan fingerprint density at radius 1 is 0.423 bits per heavy atom. The second kappa shape index (κ2) is 7.01.